The topological polar surface area (TPSA) is 179 Å². The van der Waals surface area contributed by atoms with Gasteiger partial charge in [-0.15, -0.1) is 0 Å². The second-order valence-electron chi connectivity index (χ2n) is 13.2. The van der Waals surface area contributed by atoms with Gasteiger partial charge in [-0.3, -0.25) is 0 Å². The lowest BCUT2D eigenvalue weighted by Crippen LogP contribution is -2.38. The van der Waals surface area contributed by atoms with Crippen LogP contribution in [-0.4, -0.2) is 65.3 Å². The Morgan fingerprint density at radius 1 is 1.06 bits per heavy atom. The third-order valence-electron chi connectivity index (χ3n) is 8.81. The molecule has 2 aromatic carbocycles. The Balaban J connectivity index is 1.27. The number of hydrogen-bond donors (Lipinski definition) is 3. The number of nitrogens with one attached hydrogen (secondary N) is 2. The van der Waals surface area contributed by atoms with Crippen LogP contribution >= 0.6 is 0 Å². The molecule has 3 aromatic heterocycles. The number of carbonyl (C=O) groups is 1. The van der Waals surface area contributed by atoms with Gasteiger partial charge in [0.05, 0.1) is 28.0 Å². The van der Waals surface area contributed by atoms with Crippen LogP contribution in [0.15, 0.2) is 70.1 Å². The Bertz CT molecular complexity index is 2110. The van der Waals surface area contributed by atoms with Crippen LogP contribution in [0.4, 0.5) is 5.95 Å². The number of benzene rings is 2. The second-order valence-corrected chi connectivity index (χ2v) is 14.9. The average molecular weight is 715 g/mol. The maximum Gasteiger partial charge on any atom is 0.335 e. The fraction of sp³-hybridized carbons (Fsp3) is 0.378. The summed E-state index contributed by atoms with van der Waals surface area (Å²) < 4.78 is 47.2. The van der Waals surface area contributed by atoms with Gasteiger partial charge in [0.25, 0.3) is 10.0 Å². The van der Waals surface area contributed by atoms with Crippen LogP contribution in [0, 0.1) is 19.8 Å². The molecule has 14 heteroatoms. The van der Waals surface area contributed by atoms with Gasteiger partial charge in [-0.2, -0.15) is 4.98 Å². The first kappa shape index (κ1) is 35.9. The summed E-state index contributed by atoms with van der Waals surface area (Å²) in [7, 11) is -4.25. The van der Waals surface area contributed by atoms with E-state index in [0.717, 1.165) is 60.1 Å². The number of sulfonamides is 1. The Morgan fingerprint density at radius 2 is 1.84 bits per heavy atom. The molecule has 13 nitrogen and oxygen atoms in total. The summed E-state index contributed by atoms with van der Waals surface area (Å²) in [5, 5.41) is 13.0. The largest absolute Gasteiger partial charge is 0.478 e. The number of ether oxygens (including phenoxy) is 2. The van der Waals surface area contributed by atoms with E-state index in [2.05, 4.69) is 38.8 Å². The van der Waals surface area contributed by atoms with Gasteiger partial charge >= 0.3 is 5.97 Å². The highest BCUT2D eigenvalue weighted by Crippen LogP contribution is 2.30. The molecule has 1 fully saturated rings. The van der Waals surface area contributed by atoms with Gasteiger partial charge in [-0.1, -0.05) is 38.1 Å². The average Bonchev–Trinajstić information content (AvgIpc) is 3.54. The van der Waals surface area contributed by atoms with Crippen molar-refractivity contribution in [2.24, 2.45) is 5.92 Å². The SMILES string of the molecule is Cc1cccc(C)c1-c1cc(OCC(CC2CCCOC2)NCc2cnc3oc(C(C)C)cc3n2)nc(NS(=O)(=O)c2cccc(C(=O)O)c2)n1. The normalized spacial score (nSPS) is 15.6. The van der Waals surface area contributed by atoms with Crippen molar-refractivity contribution in [1.29, 1.82) is 0 Å². The van der Waals surface area contributed by atoms with E-state index in [9.17, 15) is 18.3 Å². The van der Waals surface area contributed by atoms with Gasteiger partial charge in [-0.25, -0.2) is 32.9 Å². The highest BCUT2D eigenvalue weighted by Gasteiger charge is 2.23. The number of rotatable bonds is 14. The van der Waals surface area contributed by atoms with Crippen LogP contribution in [0.3, 0.4) is 0 Å². The minimum Gasteiger partial charge on any atom is -0.478 e. The van der Waals surface area contributed by atoms with Crippen molar-refractivity contribution in [1.82, 2.24) is 25.3 Å². The van der Waals surface area contributed by atoms with Crippen molar-refractivity contribution in [3.63, 3.8) is 0 Å². The van der Waals surface area contributed by atoms with E-state index >= 15 is 0 Å². The zero-order valence-corrected chi connectivity index (χ0v) is 29.9. The molecule has 2 unspecified atom stereocenters. The Morgan fingerprint density at radius 3 is 2.57 bits per heavy atom. The molecular weight excluding hydrogens is 673 g/mol. The number of fused-ring (bicyclic) bond motifs is 1. The first-order valence-electron chi connectivity index (χ1n) is 17.0. The number of carboxylic acid groups (broad SMARTS) is 1. The summed E-state index contributed by atoms with van der Waals surface area (Å²) in [5.74, 6) is 0.105. The predicted octanol–water partition coefficient (Wildman–Crippen LogP) is 6.27. The van der Waals surface area contributed by atoms with Crippen molar-refractivity contribution in [2.45, 2.75) is 70.4 Å². The lowest BCUT2D eigenvalue weighted by molar-refractivity contribution is 0.0446. The van der Waals surface area contributed by atoms with E-state index in [0.29, 0.717) is 36.0 Å². The van der Waals surface area contributed by atoms with E-state index in [1.165, 1.54) is 18.2 Å². The monoisotopic (exact) mass is 714 g/mol. The maximum absolute atomic E-state index is 13.4. The minimum absolute atomic E-state index is 0.137. The fourth-order valence-corrected chi connectivity index (χ4v) is 7.15. The van der Waals surface area contributed by atoms with E-state index < -0.39 is 16.0 Å². The molecule has 0 saturated carbocycles. The van der Waals surface area contributed by atoms with Crippen molar-refractivity contribution >= 4 is 33.2 Å². The molecule has 1 aliphatic heterocycles. The summed E-state index contributed by atoms with van der Waals surface area (Å²) in [6, 6.07) is 14.4. The standard InChI is InChI=1S/C37H42N6O7S/c1-22(2)32-16-31-35(50-32)39-19-28(40-31)18-38-27(14-25-10-7-13-48-20-25)21-49-33-17-30(34-23(3)8-5-9-24(34)4)41-37(42-33)43-51(46,47)29-12-6-11-26(15-29)36(44)45/h5-6,8-9,11-12,15-17,19,22,25,27,38H,7,10,13-14,18,20-21H2,1-4H3,(H,44,45)(H,41,42,43). The molecule has 1 aliphatic rings. The van der Waals surface area contributed by atoms with Crippen molar-refractivity contribution in [3.8, 4) is 17.1 Å². The third kappa shape index (κ3) is 8.88. The number of aromatic carboxylic acids is 1. The highest BCUT2D eigenvalue weighted by atomic mass is 32.2. The number of aromatic nitrogens is 4. The zero-order valence-electron chi connectivity index (χ0n) is 29.0. The lowest BCUT2D eigenvalue weighted by Gasteiger charge is -2.27. The first-order chi connectivity index (χ1) is 24.4. The number of nitrogens with zero attached hydrogens (tertiary/aromatic N) is 4. The van der Waals surface area contributed by atoms with Gasteiger partial charge in [-0.05, 0) is 68.4 Å². The Kier molecular flexibility index (Phi) is 10.9. The lowest BCUT2D eigenvalue weighted by atomic mass is 9.94. The first-order valence-corrected chi connectivity index (χ1v) is 18.4. The fourth-order valence-electron chi connectivity index (χ4n) is 6.16. The molecule has 0 amide bonds. The predicted molar refractivity (Wildman–Crippen MR) is 191 cm³/mol. The molecular formula is C37H42N6O7S. The number of hydrogen-bond acceptors (Lipinski definition) is 11. The van der Waals surface area contributed by atoms with Crippen molar-refractivity contribution < 1.29 is 32.2 Å². The van der Waals surface area contributed by atoms with E-state index in [4.69, 9.17) is 18.9 Å². The van der Waals surface area contributed by atoms with Crippen LogP contribution < -0.4 is 14.8 Å². The Hall–Kier alpha value is -4.92. The number of furan rings is 1. The molecule has 0 radical (unpaired) electrons. The van der Waals surface area contributed by atoms with E-state index in [-0.39, 0.29) is 40.9 Å². The molecule has 6 rings (SSSR count). The second kappa shape index (κ2) is 15.5. The quantitative estimate of drug-likeness (QED) is 0.118. The van der Waals surface area contributed by atoms with Crippen molar-refractivity contribution in [2.75, 3.05) is 24.5 Å². The summed E-state index contributed by atoms with van der Waals surface area (Å²) in [5.41, 5.74) is 4.98. The van der Waals surface area contributed by atoms with Crippen LogP contribution in [-0.2, 0) is 21.3 Å². The molecule has 0 spiro atoms. The summed E-state index contributed by atoms with van der Waals surface area (Å²) in [4.78, 5) is 29.5. The molecule has 0 bridgehead atoms. The highest BCUT2D eigenvalue weighted by molar-refractivity contribution is 7.92. The Labute approximate surface area is 296 Å². The smallest absolute Gasteiger partial charge is 0.335 e. The maximum atomic E-state index is 13.4. The molecule has 2 atom stereocenters. The number of carboxylic acids is 1. The summed E-state index contributed by atoms with van der Waals surface area (Å²) >= 11 is 0. The minimum atomic E-state index is -4.25. The van der Waals surface area contributed by atoms with Crippen LogP contribution in [0.5, 0.6) is 5.88 Å². The molecule has 268 valence electrons. The van der Waals surface area contributed by atoms with Crippen molar-refractivity contribution in [3.05, 3.63) is 88.9 Å². The molecule has 4 heterocycles. The zero-order chi connectivity index (χ0) is 36.1. The van der Waals surface area contributed by atoms with Gasteiger partial charge in [0.15, 0.2) is 0 Å². The van der Waals surface area contributed by atoms with Gasteiger partial charge in [0.2, 0.25) is 17.5 Å². The van der Waals surface area contributed by atoms with Gasteiger partial charge in [0, 0.05) is 49.4 Å². The molecule has 1 saturated heterocycles. The summed E-state index contributed by atoms with van der Waals surface area (Å²) in [6.45, 7) is 10.1. The molecule has 3 N–H and O–H groups in total. The van der Waals surface area contributed by atoms with Gasteiger partial charge < -0.3 is 24.3 Å². The van der Waals surface area contributed by atoms with Crippen LogP contribution in [0.1, 0.15) is 72.0 Å². The van der Waals surface area contributed by atoms with Crippen LogP contribution in [0.2, 0.25) is 0 Å². The summed E-state index contributed by atoms with van der Waals surface area (Å²) in [6.07, 6.45) is 4.50. The third-order valence-corrected chi connectivity index (χ3v) is 10.1. The molecule has 0 aliphatic carbocycles. The number of anilines is 1. The van der Waals surface area contributed by atoms with E-state index in [1.807, 2.05) is 38.1 Å². The molecule has 5 aromatic rings. The molecule has 51 heavy (non-hydrogen) atoms. The number of aryl methyl sites for hydroxylation is 2. The van der Waals surface area contributed by atoms with E-state index in [1.54, 1.807) is 12.3 Å². The van der Waals surface area contributed by atoms with Gasteiger partial charge in [0.1, 0.15) is 17.9 Å². The van der Waals surface area contributed by atoms with Crippen LogP contribution in [0.25, 0.3) is 22.5 Å².